The van der Waals surface area contributed by atoms with Crippen molar-refractivity contribution < 1.29 is 0 Å². The van der Waals surface area contributed by atoms with Crippen LogP contribution in [0.25, 0.3) is 5.65 Å². The number of rotatable bonds is 4. The number of aryl methyl sites for hydroxylation is 1. The van der Waals surface area contributed by atoms with Crippen LogP contribution in [0.5, 0.6) is 0 Å². The predicted octanol–water partition coefficient (Wildman–Crippen LogP) is 1.72. The highest BCUT2D eigenvalue weighted by Crippen LogP contribution is 2.11. The maximum Gasteiger partial charge on any atom is 0.137 e. The summed E-state index contributed by atoms with van der Waals surface area (Å²) in [5.74, 6) is 0. The van der Waals surface area contributed by atoms with Crippen molar-refractivity contribution in [2.45, 2.75) is 20.0 Å². The van der Waals surface area contributed by atoms with Crippen LogP contribution in [0.2, 0.25) is 0 Å². The lowest BCUT2D eigenvalue weighted by Crippen LogP contribution is -2.15. The minimum Gasteiger partial charge on any atom is -0.305 e. The van der Waals surface area contributed by atoms with Crippen molar-refractivity contribution in [1.82, 2.24) is 24.7 Å². The van der Waals surface area contributed by atoms with Gasteiger partial charge >= 0.3 is 0 Å². The summed E-state index contributed by atoms with van der Waals surface area (Å²) in [6, 6.07) is 7.94. The SMILES string of the molecule is Cc1nc2ccccn2c1CNCc1ccncn1. The topological polar surface area (TPSA) is 55.1 Å². The van der Waals surface area contributed by atoms with E-state index in [1.165, 1.54) is 5.69 Å². The van der Waals surface area contributed by atoms with Gasteiger partial charge in [-0.3, -0.25) is 0 Å². The summed E-state index contributed by atoms with van der Waals surface area (Å²) in [6.07, 6.45) is 5.36. The summed E-state index contributed by atoms with van der Waals surface area (Å²) >= 11 is 0. The molecule has 5 nitrogen and oxygen atoms in total. The molecule has 0 aliphatic rings. The Morgan fingerprint density at radius 3 is 3.00 bits per heavy atom. The van der Waals surface area contributed by atoms with Gasteiger partial charge in [-0.2, -0.15) is 0 Å². The van der Waals surface area contributed by atoms with Crippen molar-refractivity contribution in [2.75, 3.05) is 0 Å². The Hall–Kier alpha value is -2.27. The Kier molecular flexibility index (Phi) is 3.20. The highest BCUT2D eigenvalue weighted by atomic mass is 15.0. The molecule has 0 saturated carbocycles. The smallest absolute Gasteiger partial charge is 0.137 e. The van der Waals surface area contributed by atoms with Gasteiger partial charge in [-0.25, -0.2) is 15.0 Å². The monoisotopic (exact) mass is 253 g/mol. The van der Waals surface area contributed by atoms with Crippen molar-refractivity contribution in [3.63, 3.8) is 0 Å². The van der Waals surface area contributed by atoms with Crippen LogP contribution in [0.15, 0.2) is 43.0 Å². The van der Waals surface area contributed by atoms with Crippen molar-refractivity contribution in [2.24, 2.45) is 0 Å². The first kappa shape index (κ1) is 11.8. The van der Waals surface area contributed by atoms with E-state index in [1.807, 2.05) is 37.4 Å². The highest BCUT2D eigenvalue weighted by Gasteiger charge is 2.07. The van der Waals surface area contributed by atoms with Gasteiger partial charge in [-0.15, -0.1) is 0 Å². The molecule has 0 radical (unpaired) electrons. The van der Waals surface area contributed by atoms with Gasteiger partial charge in [0.1, 0.15) is 12.0 Å². The first-order chi connectivity index (χ1) is 9.34. The Morgan fingerprint density at radius 2 is 2.16 bits per heavy atom. The first-order valence-electron chi connectivity index (χ1n) is 6.23. The first-order valence-corrected chi connectivity index (χ1v) is 6.23. The van der Waals surface area contributed by atoms with E-state index in [0.717, 1.165) is 30.1 Å². The molecule has 0 spiro atoms. The third-order valence-electron chi connectivity index (χ3n) is 3.07. The average Bonchev–Trinajstić information content (AvgIpc) is 2.76. The van der Waals surface area contributed by atoms with Crippen LogP contribution in [-0.2, 0) is 13.1 Å². The molecule has 3 aromatic rings. The summed E-state index contributed by atoms with van der Waals surface area (Å²) in [5, 5.41) is 3.39. The average molecular weight is 253 g/mol. The van der Waals surface area contributed by atoms with Crippen molar-refractivity contribution in [1.29, 1.82) is 0 Å². The Bertz CT molecular complexity index is 675. The van der Waals surface area contributed by atoms with E-state index in [0.29, 0.717) is 0 Å². The lowest BCUT2D eigenvalue weighted by Gasteiger charge is -2.05. The standard InChI is InChI=1S/C14H15N5/c1-11-13(19-7-3-2-4-14(19)18-11)9-16-8-12-5-6-15-10-17-12/h2-7,10,16H,8-9H2,1H3. The number of aromatic nitrogens is 4. The second-order valence-electron chi connectivity index (χ2n) is 4.38. The Balaban J connectivity index is 1.73. The molecule has 0 aliphatic heterocycles. The quantitative estimate of drug-likeness (QED) is 0.769. The molecule has 0 unspecified atom stereocenters. The molecular weight excluding hydrogens is 238 g/mol. The summed E-state index contributed by atoms with van der Waals surface area (Å²) in [5.41, 5.74) is 4.21. The summed E-state index contributed by atoms with van der Waals surface area (Å²) in [6.45, 7) is 3.53. The minimum absolute atomic E-state index is 0.724. The van der Waals surface area contributed by atoms with Crippen molar-refractivity contribution in [3.8, 4) is 0 Å². The fourth-order valence-corrected chi connectivity index (χ4v) is 2.11. The molecular formula is C14H15N5. The molecule has 0 bridgehead atoms. The molecule has 3 rings (SSSR count). The molecule has 0 aromatic carbocycles. The van der Waals surface area contributed by atoms with E-state index in [9.17, 15) is 0 Å². The molecule has 0 amide bonds. The maximum atomic E-state index is 4.54. The lowest BCUT2D eigenvalue weighted by atomic mass is 10.3. The predicted molar refractivity (Wildman–Crippen MR) is 72.5 cm³/mol. The number of nitrogens with zero attached hydrogens (tertiary/aromatic N) is 4. The second kappa shape index (κ2) is 5.16. The largest absolute Gasteiger partial charge is 0.305 e. The molecule has 0 fully saturated rings. The zero-order valence-electron chi connectivity index (χ0n) is 10.7. The van der Waals surface area contributed by atoms with Gasteiger partial charge in [0.15, 0.2) is 0 Å². The number of hydrogen-bond acceptors (Lipinski definition) is 4. The minimum atomic E-state index is 0.724. The number of hydrogen-bond donors (Lipinski definition) is 1. The van der Waals surface area contributed by atoms with E-state index in [2.05, 4.69) is 24.7 Å². The summed E-state index contributed by atoms with van der Waals surface area (Å²) in [7, 11) is 0. The molecule has 0 saturated heterocycles. The van der Waals surface area contributed by atoms with E-state index in [1.54, 1.807) is 12.5 Å². The van der Waals surface area contributed by atoms with Gasteiger partial charge in [0.05, 0.1) is 17.1 Å². The molecule has 0 atom stereocenters. The highest BCUT2D eigenvalue weighted by molar-refractivity contribution is 5.42. The van der Waals surface area contributed by atoms with Crippen LogP contribution in [0, 0.1) is 6.92 Å². The lowest BCUT2D eigenvalue weighted by molar-refractivity contribution is 0.659. The maximum absolute atomic E-state index is 4.54. The summed E-state index contributed by atoms with van der Waals surface area (Å²) < 4.78 is 2.11. The fraction of sp³-hybridized carbons (Fsp3) is 0.214. The van der Waals surface area contributed by atoms with Gasteiger partial charge < -0.3 is 9.72 Å². The van der Waals surface area contributed by atoms with E-state index in [-0.39, 0.29) is 0 Å². The molecule has 0 aliphatic carbocycles. The van der Waals surface area contributed by atoms with Crippen LogP contribution in [0.1, 0.15) is 17.1 Å². The van der Waals surface area contributed by atoms with Gasteiger partial charge in [0.2, 0.25) is 0 Å². The van der Waals surface area contributed by atoms with Crippen LogP contribution in [0.3, 0.4) is 0 Å². The molecule has 3 heterocycles. The Labute approximate surface area is 111 Å². The van der Waals surface area contributed by atoms with Crippen molar-refractivity contribution >= 4 is 5.65 Å². The molecule has 3 aromatic heterocycles. The summed E-state index contributed by atoms with van der Waals surface area (Å²) in [4.78, 5) is 12.6. The van der Waals surface area contributed by atoms with Gasteiger partial charge in [0.25, 0.3) is 0 Å². The zero-order valence-corrected chi connectivity index (χ0v) is 10.7. The van der Waals surface area contributed by atoms with Crippen LogP contribution in [0.4, 0.5) is 0 Å². The van der Waals surface area contributed by atoms with E-state index < -0.39 is 0 Å². The second-order valence-corrected chi connectivity index (χ2v) is 4.38. The van der Waals surface area contributed by atoms with Gasteiger partial charge in [-0.1, -0.05) is 6.07 Å². The molecule has 96 valence electrons. The van der Waals surface area contributed by atoms with E-state index >= 15 is 0 Å². The van der Waals surface area contributed by atoms with Gasteiger partial charge in [-0.05, 0) is 25.1 Å². The molecule has 1 N–H and O–H groups in total. The van der Waals surface area contributed by atoms with Crippen molar-refractivity contribution in [3.05, 3.63) is 60.1 Å². The number of fused-ring (bicyclic) bond motifs is 1. The molecule has 19 heavy (non-hydrogen) atoms. The van der Waals surface area contributed by atoms with Crippen LogP contribution >= 0.6 is 0 Å². The van der Waals surface area contributed by atoms with Gasteiger partial charge in [0, 0.05) is 25.5 Å². The number of imidazole rings is 1. The Morgan fingerprint density at radius 1 is 1.21 bits per heavy atom. The number of nitrogens with one attached hydrogen (secondary N) is 1. The third-order valence-corrected chi connectivity index (χ3v) is 3.07. The zero-order chi connectivity index (χ0) is 13.1. The van der Waals surface area contributed by atoms with Crippen LogP contribution in [-0.4, -0.2) is 19.4 Å². The molecule has 5 heteroatoms. The normalized spacial score (nSPS) is 11.0. The fourth-order valence-electron chi connectivity index (χ4n) is 2.11. The third kappa shape index (κ3) is 2.46. The van der Waals surface area contributed by atoms with Crippen LogP contribution < -0.4 is 5.32 Å². The number of pyridine rings is 1. The van der Waals surface area contributed by atoms with E-state index in [4.69, 9.17) is 0 Å².